The van der Waals surface area contributed by atoms with Crippen LogP contribution in [0.3, 0.4) is 0 Å². The molecule has 0 spiro atoms. The Labute approximate surface area is 104 Å². The molecule has 0 aliphatic heterocycles. The van der Waals surface area contributed by atoms with Crippen LogP contribution in [0.5, 0.6) is 0 Å². The highest BCUT2D eigenvalue weighted by Crippen LogP contribution is 2.14. The molecule has 1 rings (SSSR count). The minimum atomic E-state index is 0.348. The summed E-state index contributed by atoms with van der Waals surface area (Å²) in [6.07, 6.45) is 3.38. The van der Waals surface area contributed by atoms with Crippen molar-refractivity contribution in [2.45, 2.75) is 5.16 Å². The molecule has 0 saturated carbocycles. The molecule has 1 aromatic rings. The van der Waals surface area contributed by atoms with E-state index in [9.17, 15) is 0 Å². The summed E-state index contributed by atoms with van der Waals surface area (Å²) in [6, 6.07) is 0. The number of nitrogens with zero attached hydrogens (tertiary/aromatic N) is 4. The van der Waals surface area contributed by atoms with Crippen LogP contribution in [0, 0.1) is 10.7 Å². The number of hydrogen-bond donors (Lipinski definition) is 2. The monoisotopic (exact) mass is 248 g/mol. The highest BCUT2D eigenvalue weighted by Gasteiger charge is 2.05. The van der Waals surface area contributed by atoms with E-state index in [1.54, 1.807) is 12.2 Å². The molecular formula is C10H12N6S. The Morgan fingerprint density at radius 3 is 2.06 bits per heavy atom. The van der Waals surface area contributed by atoms with Crippen molar-refractivity contribution >= 4 is 23.7 Å². The first-order valence-electron chi connectivity index (χ1n) is 4.81. The maximum absolute atomic E-state index is 8.59. The zero-order valence-electron chi connectivity index (χ0n) is 9.18. The Morgan fingerprint density at radius 1 is 1.12 bits per heavy atom. The molecule has 0 aromatic carbocycles. The molecule has 0 radical (unpaired) electrons. The molecule has 7 heteroatoms. The second-order valence-electron chi connectivity index (χ2n) is 2.80. The summed E-state index contributed by atoms with van der Waals surface area (Å²) in [5.41, 5.74) is 0. The average molecular weight is 248 g/mol. The molecule has 0 amide bonds. The quantitative estimate of drug-likeness (QED) is 0.431. The van der Waals surface area contributed by atoms with Gasteiger partial charge in [0.15, 0.2) is 0 Å². The van der Waals surface area contributed by atoms with Crippen molar-refractivity contribution in [1.29, 1.82) is 5.26 Å². The third-order valence-corrected chi connectivity index (χ3v) is 2.02. The number of rotatable bonds is 7. The maximum Gasteiger partial charge on any atom is 0.228 e. The van der Waals surface area contributed by atoms with Crippen LogP contribution in [-0.2, 0) is 0 Å². The SMILES string of the molecule is C=CCNc1nc(NCC=C)nc(SC#N)n1. The minimum absolute atomic E-state index is 0.348. The highest BCUT2D eigenvalue weighted by atomic mass is 32.2. The lowest BCUT2D eigenvalue weighted by Gasteiger charge is -2.06. The smallest absolute Gasteiger partial charge is 0.228 e. The van der Waals surface area contributed by atoms with Gasteiger partial charge in [-0.2, -0.15) is 20.2 Å². The van der Waals surface area contributed by atoms with Gasteiger partial charge in [-0.15, -0.1) is 13.2 Å². The van der Waals surface area contributed by atoms with Crippen LogP contribution in [0.25, 0.3) is 0 Å². The van der Waals surface area contributed by atoms with Gasteiger partial charge in [-0.3, -0.25) is 0 Å². The second-order valence-corrected chi connectivity index (χ2v) is 3.55. The van der Waals surface area contributed by atoms with Gasteiger partial charge >= 0.3 is 0 Å². The van der Waals surface area contributed by atoms with Crippen molar-refractivity contribution in [3.05, 3.63) is 25.3 Å². The van der Waals surface area contributed by atoms with Crippen molar-refractivity contribution in [3.8, 4) is 5.40 Å². The van der Waals surface area contributed by atoms with Crippen molar-refractivity contribution in [3.63, 3.8) is 0 Å². The fourth-order valence-electron chi connectivity index (χ4n) is 0.928. The fourth-order valence-corrected chi connectivity index (χ4v) is 1.27. The van der Waals surface area contributed by atoms with Crippen LogP contribution in [0.4, 0.5) is 11.9 Å². The van der Waals surface area contributed by atoms with E-state index in [1.807, 2.05) is 5.40 Å². The fraction of sp³-hybridized carbons (Fsp3) is 0.200. The van der Waals surface area contributed by atoms with Crippen LogP contribution < -0.4 is 10.6 Å². The standard InChI is InChI=1S/C10H12N6S/c1-3-5-12-8-14-9(13-6-4-2)16-10(15-8)17-7-11/h3-4H,1-2,5-6H2,(H2,12,13,14,15,16). The maximum atomic E-state index is 8.59. The van der Waals surface area contributed by atoms with Crippen LogP contribution in [-0.4, -0.2) is 28.0 Å². The molecule has 1 aromatic heterocycles. The summed E-state index contributed by atoms with van der Waals surface area (Å²) in [5, 5.41) is 16.7. The number of nitriles is 1. The number of nitrogens with one attached hydrogen (secondary N) is 2. The number of aromatic nitrogens is 3. The lowest BCUT2D eigenvalue weighted by molar-refractivity contribution is 0.906. The number of anilines is 2. The number of thiocyanates is 1. The summed E-state index contributed by atoms with van der Waals surface area (Å²) in [5.74, 6) is 0.813. The van der Waals surface area contributed by atoms with Gasteiger partial charge in [0.25, 0.3) is 0 Å². The largest absolute Gasteiger partial charge is 0.351 e. The normalized spacial score (nSPS) is 9.12. The molecule has 17 heavy (non-hydrogen) atoms. The average Bonchev–Trinajstić information content (AvgIpc) is 2.34. The van der Waals surface area contributed by atoms with Gasteiger partial charge in [-0.05, 0) is 0 Å². The molecule has 0 aliphatic rings. The van der Waals surface area contributed by atoms with Gasteiger partial charge in [0.1, 0.15) is 5.40 Å². The third-order valence-electron chi connectivity index (χ3n) is 1.56. The van der Waals surface area contributed by atoms with Crippen LogP contribution in [0.1, 0.15) is 0 Å². The summed E-state index contributed by atoms with van der Waals surface area (Å²) in [6.45, 7) is 8.26. The zero-order chi connectivity index (χ0) is 12.5. The van der Waals surface area contributed by atoms with Gasteiger partial charge in [0.05, 0.1) is 0 Å². The molecule has 0 atom stereocenters. The van der Waals surface area contributed by atoms with Gasteiger partial charge in [0.2, 0.25) is 17.1 Å². The Morgan fingerprint density at radius 2 is 1.65 bits per heavy atom. The predicted molar refractivity (Wildman–Crippen MR) is 68.7 cm³/mol. The molecule has 0 fully saturated rings. The van der Waals surface area contributed by atoms with Gasteiger partial charge in [-0.1, -0.05) is 12.2 Å². The third kappa shape index (κ3) is 4.53. The Bertz CT molecular complexity index is 409. The van der Waals surface area contributed by atoms with Crippen molar-refractivity contribution in [2.24, 2.45) is 0 Å². The van der Waals surface area contributed by atoms with Gasteiger partial charge in [0, 0.05) is 24.9 Å². The lowest BCUT2D eigenvalue weighted by atomic mass is 10.6. The van der Waals surface area contributed by atoms with E-state index in [-0.39, 0.29) is 0 Å². The molecule has 6 nitrogen and oxygen atoms in total. The van der Waals surface area contributed by atoms with Crippen molar-refractivity contribution in [2.75, 3.05) is 23.7 Å². The molecule has 2 N–H and O–H groups in total. The molecule has 1 heterocycles. The van der Waals surface area contributed by atoms with Gasteiger partial charge < -0.3 is 10.6 Å². The van der Waals surface area contributed by atoms with Crippen LogP contribution in [0.2, 0.25) is 0 Å². The molecule has 0 saturated heterocycles. The first-order valence-corrected chi connectivity index (χ1v) is 5.63. The summed E-state index contributed by atoms with van der Waals surface area (Å²) >= 11 is 0.882. The number of thioether (sulfide) groups is 1. The molecular weight excluding hydrogens is 236 g/mol. The first-order chi connectivity index (χ1) is 8.30. The van der Waals surface area contributed by atoms with Crippen LogP contribution >= 0.6 is 11.8 Å². The van der Waals surface area contributed by atoms with E-state index in [0.717, 1.165) is 11.8 Å². The van der Waals surface area contributed by atoms with E-state index in [0.29, 0.717) is 30.1 Å². The van der Waals surface area contributed by atoms with Crippen molar-refractivity contribution < 1.29 is 0 Å². The first kappa shape index (κ1) is 13.0. The topological polar surface area (TPSA) is 86.5 Å². The molecule has 0 bridgehead atoms. The highest BCUT2D eigenvalue weighted by molar-refractivity contribution is 8.03. The zero-order valence-corrected chi connectivity index (χ0v) is 10.00. The van der Waals surface area contributed by atoms with Crippen LogP contribution in [0.15, 0.2) is 30.5 Å². The lowest BCUT2D eigenvalue weighted by Crippen LogP contribution is -2.09. The van der Waals surface area contributed by atoms with Gasteiger partial charge in [-0.25, -0.2) is 0 Å². The van der Waals surface area contributed by atoms with E-state index in [1.165, 1.54) is 0 Å². The minimum Gasteiger partial charge on any atom is -0.351 e. The van der Waals surface area contributed by atoms with Crippen molar-refractivity contribution in [1.82, 2.24) is 15.0 Å². The van der Waals surface area contributed by atoms with E-state index in [2.05, 4.69) is 38.7 Å². The van der Waals surface area contributed by atoms with E-state index in [4.69, 9.17) is 5.26 Å². The molecule has 88 valence electrons. The molecule has 0 aliphatic carbocycles. The van der Waals surface area contributed by atoms with E-state index >= 15 is 0 Å². The summed E-state index contributed by atoms with van der Waals surface area (Å²) < 4.78 is 0. The van der Waals surface area contributed by atoms with E-state index < -0.39 is 0 Å². The number of hydrogen-bond acceptors (Lipinski definition) is 7. The Kier molecular flexibility index (Phi) is 5.54. The summed E-state index contributed by atoms with van der Waals surface area (Å²) in [7, 11) is 0. The molecule has 0 unspecified atom stereocenters. The summed E-state index contributed by atoms with van der Waals surface area (Å²) in [4.78, 5) is 12.3. The second kappa shape index (κ2) is 7.24. The Balaban J connectivity index is 2.87. The predicted octanol–water partition coefficient (Wildman–Crippen LogP) is 1.64. The Hall–Kier alpha value is -2.07.